The number of aliphatic hydroxyl groups is 1. The van der Waals surface area contributed by atoms with E-state index in [2.05, 4.69) is 25.9 Å². The molecule has 3 nitrogen and oxygen atoms in total. The van der Waals surface area contributed by atoms with Crippen LogP contribution in [0.2, 0.25) is 0 Å². The van der Waals surface area contributed by atoms with E-state index >= 15 is 0 Å². The van der Waals surface area contributed by atoms with Crippen LogP contribution < -0.4 is 0 Å². The molecule has 0 aromatic heterocycles. The quantitative estimate of drug-likeness (QED) is 0.443. The Bertz CT molecular complexity index is 272. The van der Waals surface area contributed by atoms with E-state index in [1.165, 1.54) is 0 Å². The molecule has 0 aromatic rings. The van der Waals surface area contributed by atoms with Crippen molar-refractivity contribution in [2.45, 2.75) is 39.7 Å². The van der Waals surface area contributed by atoms with Crippen molar-refractivity contribution in [2.75, 3.05) is 0 Å². The Hall–Kier alpha value is -0.570. The molecule has 2 bridgehead atoms. The summed E-state index contributed by atoms with van der Waals surface area (Å²) in [5.41, 5.74) is 0.562. The van der Waals surface area contributed by atoms with E-state index in [-0.39, 0.29) is 16.7 Å². The Kier molecular flexibility index (Phi) is 1.57. The van der Waals surface area contributed by atoms with E-state index in [0.717, 1.165) is 12.8 Å². The Morgan fingerprint density at radius 3 is 2.31 bits per heavy atom. The number of nitrogens with zero attached hydrogens (tertiary/aromatic N) is 1. The van der Waals surface area contributed by atoms with Gasteiger partial charge in [0.05, 0.1) is 5.71 Å². The van der Waals surface area contributed by atoms with Crippen molar-refractivity contribution < 1.29 is 10.3 Å². The third-order valence-electron chi connectivity index (χ3n) is 4.65. The van der Waals surface area contributed by atoms with E-state index in [1.807, 2.05) is 0 Å². The smallest absolute Gasteiger partial charge is 0.102 e. The number of hydrogen-bond acceptors (Lipinski definition) is 3. The van der Waals surface area contributed by atoms with Gasteiger partial charge in [-0.05, 0) is 18.3 Å². The van der Waals surface area contributed by atoms with Gasteiger partial charge in [0.25, 0.3) is 0 Å². The van der Waals surface area contributed by atoms with Crippen LogP contribution in [0.4, 0.5) is 0 Å². The van der Waals surface area contributed by atoms with Crippen LogP contribution in [0.5, 0.6) is 0 Å². The zero-order chi connectivity index (χ0) is 9.85. The monoisotopic (exact) mass is 183 g/mol. The molecule has 2 rings (SSSR count). The van der Waals surface area contributed by atoms with Gasteiger partial charge in [-0.3, -0.25) is 0 Å². The largest absolute Gasteiger partial charge is 0.411 e. The van der Waals surface area contributed by atoms with E-state index in [9.17, 15) is 5.11 Å². The van der Waals surface area contributed by atoms with Gasteiger partial charge in [0, 0.05) is 11.3 Å². The molecule has 2 fully saturated rings. The van der Waals surface area contributed by atoms with Gasteiger partial charge in [0.15, 0.2) is 0 Å². The third-order valence-corrected chi connectivity index (χ3v) is 4.65. The molecule has 3 heteroatoms. The van der Waals surface area contributed by atoms with Gasteiger partial charge in [-0.2, -0.15) is 0 Å². The first-order valence-corrected chi connectivity index (χ1v) is 4.85. The van der Waals surface area contributed by atoms with E-state index in [0.29, 0.717) is 5.71 Å². The highest BCUT2D eigenvalue weighted by atomic mass is 16.4. The third kappa shape index (κ3) is 0.766. The second kappa shape index (κ2) is 2.27. The van der Waals surface area contributed by atoms with Gasteiger partial charge in [0.1, 0.15) is 6.10 Å². The van der Waals surface area contributed by atoms with Gasteiger partial charge in [-0.25, -0.2) is 0 Å². The summed E-state index contributed by atoms with van der Waals surface area (Å²) in [4.78, 5) is 0. The maximum absolute atomic E-state index is 9.98. The summed E-state index contributed by atoms with van der Waals surface area (Å²) >= 11 is 0. The van der Waals surface area contributed by atoms with Crippen LogP contribution in [0, 0.1) is 16.7 Å². The normalized spacial score (nSPS) is 50.3. The van der Waals surface area contributed by atoms with Crippen molar-refractivity contribution in [2.24, 2.45) is 21.9 Å². The lowest BCUT2D eigenvalue weighted by atomic mass is 9.70. The summed E-state index contributed by atoms with van der Waals surface area (Å²) in [6.45, 7) is 6.41. The maximum atomic E-state index is 9.98. The highest BCUT2D eigenvalue weighted by Gasteiger charge is 2.64. The van der Waals surface area contributed by atoms with Crippen molar-refractivity contribution in [1.82, 2.24) is 0 Å². The molecular formula is C10H17NO2. The van der Waals surface area contributed by atoms with E-state index < -0.39 is 6.10 Å². The number of fused-ring (bicyclic) bond motifs is 2. The Morgan fingerprint density at radius 2 is 2.00 bits per heavy atom. The molecule has 2 saturated carbocycles. The van der Waals surface area contributed by atoms with Crippen molar-refractivity contribution in [1.29, 1.82) is 0 Å². The fourth-order valence-electron chi connectivity index (χ4n) is 3.17. The molecule has 0 spiro atoms. The molecule has 0 aromatic carbocycles. The minimum atomic E-state index is -0.550. The minimum absolute atomic E-state index is 0.0635. The van der Waals surface area contributed by atoms with Crippen LogP contribution >= 0.6 is 0 Å². The molecule has 3 unspecified atom stereocenters. The number of hydrogen-bond donors (Lipinski definition) is 2. The van der Waals surface area contributed by atoms with Crippen LogP contribution in [0.1, 0.15) is 33.6 Å². The second-order valence-electron chi connectivity index (χ2n) is 5.16. The summed E-state index contributed by atoms with van der Waals surface area (Å²) in [5.74, 6) is 0.262. The van der Waals surface area contributed by atoms with Crippen molar-refractivity contribution in [3.63, 3.8) is 0 Å². The Balaban J connectivity index is 2.51. The van der Waals surface area contributed by atoms with Crippen LogP contribution in [0.25, 0.3) is 0 Å². The summed E-state index contributed by atoms with van der Waals surface area (Å²) in [7, 11) is 0. The SMILES string of the molecule is CC1(C)C2CCC1(C)C(O)/C2=N\O. The molecule has 13 heavy (non-hydrogen) atoms. The molecular weight excluding hydrogens is 166 g/mol. The first-order valence-electron chi connectivity index (χ1n) is 4.85. The van der Waals surface area contributed by atoms with Crippen LogP contribution in [0.15, 0.2) is 5.16 Å². The highest BCUT2D eigenvalue weighted by Crippen LogP contribution is 2.64. The van der Waals surface area contributed by atoms with Crippen molar-refractivity contribution in [3.05, 3.63) is 0 Å². The fraction of sp³-hybridized carbons (Fsp3) is 0.900. The average molecular weight is 183 g/mol. The first-order chi connectivity index (χ1) is 5.95. The summed E-state index contributed by atoms with van der Waals surface area (Å²) in [6, 6.07) is 0. The molecule has 2 aliphatic rings. The Morgan fingerprint density at radius 1 is 1.38 bits per heavy atom. The molecule has 0 heterocycles. The van der Waals surface area contributed by atoms with Gasteiger partial charge >= 0.3 is 0 Å². The van der Waals surface area contributed by atoms with Crippen molar-refractivity contribution >= 4 is 5.71 Å². The lowest BCUT2D eigenvalue weighted by Crippen LogP contribution is -2.37. The van der Waals surface area contributed by atoms with Crippen LogP contribution in [0.3, 0.4) is 0 Å². The van der Waals surface area contributed by atoms with E-state index in [4.69, 9.17) is 5.21 Å². The second-order valence-corrected chi connectivity index (χ2v) is 5.16. The molecule has 0 radical (unpaired) electrons. The molecule has 2 N–H and O–H groups in total. The molecule has 74 valence electrons. The van der Waals surface area contributed by atoms with Gasteiger partial charge in [-0.15, -0.1) is 0 Å². The molecule has 3 atom stereocenters. The fourth-order valence-corrected chi connectivity index (χ4v) is 3.17. The lowest BCUT2D eigenvalue weighted by molar-refractivity contribution is 0.0332. The van der Waals surface area contributed by atoms with Crippen molar-refractivity contribution in [3.8, 4) is 0 Å². The zero-order valence-electron chi connectivity index (χ0n) is 8.41. The molecule has 0 amide bonds. The highest BCUT2D eigenvalue weighted by molar-refractivity contribution is 5.95. The number of oxime groups is 1. The van der Waals surface area contributed by atoms with Gasteiger partial charge in [-0.1, -0.05) is 25.9 Å². The summed E-state index contributed by atoms with van der Waals surface area (Å²) in [6.07, 6.45) is 1.52. The topological polar surface area (TPSA) is 52.8 Å². The molecule has 0 aliphatic heterocycles. The molecule has 2 aliphatic carbocycles. The zero-order valence-corrected chi connectivity index (χ0v) is 8.41. The van der Waals surface area contributed by atoms with Gasteiger partial charge in [0.2, 0.25) is 0 Å². The number of rotatable bonds is 0. The standard InChI is InChI=1S/C10H17NO2/c1-9(2)6-4-5-10(9,3)8(12)7(6)11-13/h6,8,12-13H,4-5H2,1-3H3/b11-7-. The first kappa shape index (κ1) is 9.00. The maximum Gasteiger partial charge on any atom is 0.102 e. The van der Waals surface area contributed by atoms with Gasteiger partial charge < -0.3 is 10.3 Å². The summed E-state index contributed by atoms with van der Waals surface area (Å²) < 4.78 is 0. The molecule has 0 saturated heterocycles. The Labute approximate surface area is 78.4 Å². The van der Waals surface area contributed by atoms with E-state index in [1.54, 1.807) is 0 Å². The number of aliphatic hydroxyl groups excluding tert-OH is 1. The minimum Gasteiger partial charge on any atom is -0.411 e. The van der Waals surface area contributed by atoms with Crippen LogP contribution in [-0.2, 0) is 0 Å². The van der Waals surface area contributed by atoms with Crippen LogP contribution in [-0.4, -0.2) is 22.1 Å². The predicted octanol–water partition coefficient (Wildman–Crippen LogP) is 1.63. The lowest BCUT2D eigenvalue weighted by Gasteiger charge is -2.35. The average Bonchev–Trinajstić information content (AvgIpc) is 2.36. The predicted molar refractivity (Wildman–Crippen MR) is 49.8 cm³/mol. The summed E-state index contributed by atoms with van der Waals surface area (Å²) in [5, 5.41) is 22.1.